The summed E-state index contributed by atoms with van der Waals surface area (Å²) < 4.78 is 0. The SMILES string of the molecule is CCC(CC)N1CC=C(c2c[nH]c3ccc(NC(=O)c4ccccc4)cc23)CC1. The summed E-state index contributed by atoms with van der Waals surface area (Å²) in [7, 11) is 0. The van der Waals surface area contributed by atoms with E-state index in [1.807, 2.05) is 42.5 Å². The maximum Gasteiger partial charge on any atom is 0.255 e. The molecular formula is C25H29N3O. The summed E-state index contributed by atoms with van der Waals surface area (Å²) in [5, 5.41) is 4.19. The summed E-state index contributed by atoms with van der Waals surface area (Å²) in [5.74, 6) is -0.0836. The molecule has 0 spiro atoms. The molecule has 2 N–H and O–H groups in total. The molecule has 4 nitrogen and oxygen atoms in total. The first-order valence-corrected chi connectivity index (χ1v) is 10.6. The molecular weight excluding hydrogens is 358 g/mol. The van der Waals surface area contributed by atoms with Crippen LogP contribution in [0.2, 0.25) is 0 Å². The summed E-state index contributed by atoms with van der Waals surface area (Å²) in [6.45, 7) is 6.67. The van der Waals surface area contributed by atoms with E-state index in [0.717, 1.165) is 36.1 Å². The van der Waals surface area contributed by atoms with Crippen LogP contribution in [0.1, 0.15) is 49.0 Å². The minimum Gasteiger partial charge on any atom is -0.361 e. The molecule has 0 aliphatic carbocycles. The maximum absolute atomic E-state index is 12.5. The van der Waals surface area contributed by atoms with Gasteiger partial charge in [0.05, 0.1) is 0 Å². The van der Waals surface area contributed by atoms with Gasteiger partial charge in [-0.1, -0.05) is 38.1 Å². The van der Waals surface area contributed by atoms with Crippen molar-refractivity contribution in [1.29, 1.82) is 0 Å². The molecule has 1 aliphatic rings. The third-order valence-corrected chi connectivity index (χ3v) is 6.02. The molecule has 4 heteroatoms. The van der Waals surface area contributed by atoms with E-state index in [1.54, 1.807) is 0 Å². The van der Waals surface area contributed by atoms with E-state index < -0.39 is 0 Å². The number of aromatic nitrogens is 1. The van der Waals surface area contributed by atoms with Crippen LogP contribution in [0, 0.1) is 0 Å². The fraction of sp³-hybridized carbons (Fsp3) is 0.320. The summed E-state index contributed by atoms with van der Waals surface area (Å²) in [5.41, 5.74) is 5.23. The van der Waals surface area contributed by atoms with Gasteiger partial charge in [0.2, 0.25) is 0 Å². The van der Waals surface area contributed by atoms with E-state index in [0.29, 0.717) is 11.6 Å². The minimum absolute atomic E-state index is 0.0836. The fourth-order valence-corrected chi connectivity index (χ4v) is 4.32. The maximum atomic E-state index is 12.5. The summed E-state index contributed by atoms with van der Waals surface area (Å²) in [6.07, 6.45) is 7.95. The number of carbonyl (C=O) groups excluding carboxylic acids is 1. The third kappa shape index (κ3) is 4.13. The first kappa shape index (κ1) is 19.5. The number of nitrogens with zero attached hydrogens (tertiary/aromatic N) is 1. The molecule has 4 rings (SSSR count). The molecule has 2 aromatic carbocycles. The number of aromatic amines is 1. The molecule has 0 saturated carbocycles. The molecule has 0 radical (unpaired) electrons. The Morgan fingerprint density at radius 2 is 1.93 bits per heavy atom. The van der Waals surface area contributed by atoms with Crippen molar-refractivity contribution in [3.05, 3.63) is 71.9 Å². The number of carbonyl (C=O) groups is 1. The summed E-state index contributed by atoms with van der Waals surface area (Å²) >= 11 is 0. The average Bonchev–Trinajstić information content (AvgIpc) is 3.19. The lowest BCUT2D eigenvalue weighted by Gasteiger charge is -2.33. The lowest BCUT2D eigenvalue weighted by molar-refractivity contribution is 0.102. The molecule has 0 fully saturated rings. The highest BCUT2D eigenvalue weighted by Gasteiger charge is 2.20. The second kappa shape index (κ2) is 8.66. The van der Waals surface area contributed by atoms with E-state index >= 15 is 0 Å². The fourth-order valence-electron chi connectivity index (χ4n) is 4.32. The highest BCUT2D eigenvalue weighted by molar-refractivity contribution is 6.05. The van der Waals surface area contributed by atoms with Crippen molar-refractivity contribution < 1.29 is 4.79 Å². The first-order valence-electron chi connectivity index (χ1n) is 10.6. The van der Waals surface area contributed by atoms with Crippen molar-refractivity contribution >= 4 is 28.1 Å². The Hall–Kier alpha value is -2.85. The van der Waals surface area contributed by atoms with Crippen molar-refractivity contribution in [2.75, 3.05) is 18.4 Å². The standard InChI is InChI=1S/C25H29N3O/c1-3-21(4-2)28-14-12-18(13-15-28)23-17-26-24-11-10-20(16-22(23)24)27-25(29)19-8-6-5-7-9-19/h5-12,16-17,21,26H,3-4,13-15H2,1-2H3,(H,27,29). The summed E-state index contributed by atoms with van der Waals surface area (Å²) in [4.78, 5) is 18.5. The number of rotatable bonds is 6. The molecule has 150 valence electrons. The van der Waals surface area contributed by atoms with Gasteiger partial charge in [-0.05, 0) is 55.2 Å². The van der Waals surface area contributed by atoms with Crippen molar-refractivity contribution in [3.8, 4) is 0 Å². The van der Waals surface area contributed by atoms with Crippen molar-refractivity contribution in [2.45, 2.75) is 39.2 Å². The van der Waals surface area contributed by atoms with Gasteiger partial charge >= 0.3 is 0 Å². The highest BCUT2D eigenvalue weighted by Crippen LogP contribution is 2.31. The zero-order valence-corrected chi connectivity index (χ0v) is 17.2. The lowest BCUT2D eigenvalue weighted by atomic mass is 9.97. The Morgan fingerprint density at radius 3 is 2.62 bits per heavy atom. The lowest BCUT2D eigenvalue weighted by Crippen LogP contribution is -2.37. The van der Waals surface area contributed by atoms with Gasteiger partial charge in [0, 0.05) is 53.0 Å². The summed E-state index contributed by atoms with van der Waals surface area (Å²) in [6, 6.07) is 16.1. The molecule has 0 unspecified atom stereocenters. The minimum atomic E-state index is -0.0836. The van der Waals surface area contributed by atoms with Gasteiger partial charge in [0.25, 0.3) is 5.91 Å². The zero-order valence-electron chi connectivity index (χ0n) is 17.2. The van der Waals surface area contributed by atoms with Crippen molar-refractivity contribution in [3.63, 3.8) is 0 Å². The second-order valence-corrected chi connectivity index (χ2v) is 7.73. The number of hydrogen-bond donors (Lipinski definition) is 2. The van der Waals surface area contributed by atoms with Crippen molar-refractivity contribution in [2.24, 2.45) is 0 Å². The number of anilines is 1. The van der Waals surface area contributed by atoms with E-state index in [-0.39, 0.29) is 5.91 Å². The van der Waals surface area contributed by atoms with E-state index in [9.17, 15) is 4.79 Å². The van der Waals surface area contributed by atoms with E-state index in [1.165, 1.54) is 24.0 Å². The molecule has 0 saturated heterocycles. The molecule has 0 atom stereocenters. The molecule has 1 aliphatic heterocycles. The average molecular weight is 388 g/mol. The van der Waals surface area contributed by atoms with E-state index in [4.69, 9.17) is 0 Å². The van der Waals surface area contributed by atoms with Gasteiger partial charge in [0.1, 0.15) is 0 Å². The van der Waals surface area contributed by atoms with E-state index in [2.05, 4.69) is 47.4 Å². The largest absolute Gasteiger partial charge is 0.361 e. The third-order valence-electron chi connectivity index (χ3n) is 6.02. The highest BCUT2D eigenvalue weighted by atomic mass is 16.1. The Kier molecular flexibility index (Phi) is 5.81. The molecule has 1 amide bonds. The van der Waals surface area contributed by atoms with Crippen LogP contribution in [0.4, 0.5) is 5.69 Å². The van der Waals surface area contributed by atoms with Crippen molar-refractivity contribution in [1.82, 2.24) is 9.88 Å². The normalized spacial score (nSPS) is 14.9. The number of nitrogens with one attached hydrogen (secondary N) is 2. The predicted molar refractivity (Wildman–Crippen MR) is 121 cm³/mol. The first-order chi connectivity index (χ1) is 14.2. The smallest absolute Gasteiger partial charge is 0.255 e. The zero-order chi connectivity index (χ0) is 20.2. The van der Waals surface area contributed by atoms with Crippen LogP contribution in [0.15, 0.2) is 60.8 Å². The van der Waals surface area contributed by atoms with Crippen LogP contribution < -0.4 is 5.32 Å². The number of amides is 1. The van der Waals surface area contributed by atoms with Crippen LogP contribution in [-0.2, 0) is 0 Å². The van der Waals surface area contributed by atoms with Crippen LogP contribution >= 0.6 is 0 Å². The van der Waals surface area contributed by atoms with Gasteiger partial charge in [-0.25, -0.2) is 0 Å². The van der Waals surface area contributed by atoms with Gasteiger partial charge in [-0.3, -0.25) is 9.69 Å². The number of fused-ring (bicyclic) bond motifs is 1. The van der Waals surface area contributed by atoms with Crippen LogP contribution in [-0.4, -0.2) is 34.9 Å². The quantitative estimate of drug-likeness (QED) is 0.570. The predicted octanol–water partition coefficient (Wildman–Crippen LogP) is 5.70. The molecule has 0 bridgehead atoms. The monoisotopic (exact) mass is 387 g/mol. The Balaban J connectivity index is 1.56. The number of benzene rings is 2. The van der Waals surface area contributed by atoms with Crippen LogP contribution in [0.25, 0.3) is 16.5 Å². The Labute approximate surface area is 172 Å². The van der Waals surface area contributed by atoms with Crippen LogP contribution in [0.5, 0.6) is 0 Å². The topological polar surface area (TPSA) is 48.1 Å². The Morgan fingerprint density at radius 1 is 1.14 bits per heavy atom. The molecule has 2 heterocycles. The number of H-pyrrole nitrogens is 1. The van der Waals surface area contributed by atoms with Gasteiger partial charge in [0.15, 0.2) is 0 Å². The second-order valence-electron chi connectivity index (χ2n) is 7.73. The van der Waals surface area contributed by atoms with Crippen LogP contribution in [0.3, 0.4) is 0 Å². The Bertz CT molecular complexity index is 1010. The molecule has 3 aromatic rings. The molecule has 29 heavy (non-hydrogen) atoms. The van der Waals surface area contributed by atoms with Gasteiger partial charge in [-0.15, -0.1) is 0 Å². The number of hydrogen-bond acceptors (Lipinski definition) is 2. The van der Waals surface area contributed by atoms with Gasteiger partial charge in [-0.2, -0.15) is 0 Å². The van der Waals surface area contributed by atoms with Gasteiger partial charge < -0.3 is 10.3 Å². The molecule has 1 aromatic heterocycles.